The summed E-state index contributed by atoms with van der Waals surface area (Å²) in [6, 6.07) is 0. The number of fused-ring (bicyclic) bond motifs is 1. The number of hydrogen-bond acceptors (Lipinski definition) is 4. The average Bonchev–Trinajstić information content (AvgIpc) is 2.64. The Morgan fingerprint density at radius 1 is 1.50 bits per heavy atom. The molecule has 14 heavy (non-hydrogen) atoms. The molecule has 0 aliphatic carbocycles. The fraction of sp³-hybridized carbons (Fsp3) is 0.429. The molecule has 0 spiro atoms. The Balaban J connectivity index is 2.27. The van der Waals surface area contributed by atoms with E-state index < -0.39 is 10.0 Å². The van der Waals surface area contributed by atoms with Crippen LogP contribution in [0, 0.1) is 0 Å². The quantitative estimate of drug-likeness (QED) is 0.669. The highest BCUT2D eigenvalue weighted by atomic mass is 32.2. The van der Waals surface area contributed by atoms with Gasteiger partial charge in [-0.3, -0.25) is 0 Å². The van der Waals surface area contributed by atoms with E-state index in [1.807, 2.05) is 4.57 Å². The van der Waals surface area contributed by atoms with Gasteiger partial charge in [-0.15, -0.1) is 10.2 Å². The summed E-state index contributed by atoms with van der Waals surface area (Å²) in [5, 5.41) is 8.50. The van der Waals surface area contributed by atoms with Gasteiger partial charge in [0, 0.05) is 18.5 Å². The Morgan fingerprint density at radius 3 is 3.00 bits per heavy atom. The van der Waals surface area contributed by atoms with Crippen molar-refractivity contribution in [3.63, 3.8) is 0 Å². The van der Waals surface area contributed by atoms with E-state index >= 15 is 0 Å². The third-order valence-electron chi connectivity index (χ3n) is 2.17. The first-order valence-electron chi connectivity index (χ1n) is 4.13. The normalized spacial score (nSPS) is 17.7. The molecule has 2 rings (SSSR count). The third kappa shape index (κ3) is 1.44. The van der Waals surface area contributed by atoms with Crippen molar-refractivity contribution < 1.29 is 8.42 Å². The average molecular weight is 214 g/mol. The topological polar surface area (TPSA) is 68.1 Å². The third-order valence-corrected chi connectivity index (χ3v) is 3.63. The van der Waals surface area contributed by atoms with E-state index in [2.05, 4.69) is 16.8 Å². The maximum absolute atomic E-state index is 11.4. The highest BCUT2D eigenvalue weighted by Crippen LogP contribution is 2.13. The van der Waals surface area contributed by atoms with E-state index in [9.17, 15) is 8.42 Å². The predicted molar refractivity (Wildman–Crippen MR) is 49.5 cm³/mol. The smallest absolute Gasteiger partial charge is 0.236 e. The van der Waals surface area contributed by atoms with E-state index in [0.717, 1.165) is 5.41 Å². The Morgan fingerprint density at radius 2 is 2.29 bits per heavy atom. The minimum atomic E-state index is -3.33. The molecule has 1 aliphatic rings. The molecule has 1 aromatic heterocycles. The molecule has 0 atom stereocenters. The van der Waals surface area contributed by atoms with Crippen molar-refractivity contribution in [3.8, 4) is 0 Å². The highest BCUT2D eigenvalue weighted by Gasteiger charge is 2.25. The second-order valence-corrected chi connectivity index (χ2v) is 4.87. The molecule has 0 radical (unpaired) electrons. The van der Waals surface area contributed by atoms with Gasteiger partial charge in [-0.05, 0) is 0 Å². The Bertz CT molecular complexity index is 450. The Kier molecular flexibility index (Phi) is 2.12. The van der Waals surface area contributed by atoms with Crippen LogP contribution in [0.15, 0.2) is 18.3 Å². The molecule has 76 valence electrons. The van der Waals surface area contributed by atoms with E-state index in [1.165, 1.54) is 4.31 Å². The van der Waals surface area contributed by atoms with Crippen LogP contribution in [-0.2, 0) is 23.1 Å². The molecule has 0 unspecified atom stereocenters. The fourth-order valence-electron chi connectivity index (χ4n) is 1.37. The lowest BCUT2D eigenvalue weighted by molar-refractivity contribution is 0.339. The SMILES string of the molecule is C=CS(=O)(=O)N1CCn2cnnc2C1. The standard InChI is InChI=1S/C7H10N4O2S/c1-2-14(12,13)11-4-3-10-6-8-9-7(10)5-11/h2,6H,1,3-5H2. The molecular weight excluding hydrogens is 204 g/mol. The zero-order chi connectivity index (χ0) is 10.2. The first-order valence-corrected chi connectivity index (χ1v) is 5.63. The predicted octanol–water partition coefficient (Wildman–Crippen LogP) is -0.433. The molecule has 0 amide bonds. The first kappa shape index (κ1) is 9.35. The molecular formula is C7H10N4O2S. The summed E-state index contributed by atoms with van der Waals surface area (Å²) in [7, 11) is -3.33. The fourth-order valence-corrected chi connectivity index (χ4v) is 2.21. The molecule has 6 nitrogen and oxygen atoms in total. The van der Waals surface area contributed by atoms with Gasteiger partial charge in [0.1, 0.15) is 12.2 Å². The van der Waals surface area contributed by atoms with Gasteiger partial charge in [0.15, 0.2) is 0 Å². The maximum atomic E-state index is 11.4. The van der Waals surface area contributed by atoms with Crippen LogP contribution < -0.4 is 0 Å². The lowest BCUT2D eigenvalue weighted by atomic mass is 10.4. The summed E-state index contributed by atoms with van der Waals surface area (Å²) in [6.45, 7) is 4.59. The Labute approximate surface area is 81.9 Å². The van der Waals surface area contributed by atoms with Crippen molar-refractivity contribution in [2.45, 2.75) is 13.1 Å². The zero-order valence-electron chi connectivity index (χ0n) is 7.50. The lowest BCUT2D eigenvalue weighted by Gasteiger charge is -2.24. The van der Waals surface area contributed by atoms with Gasteiger partial charge in [-0.2, -0.15) is 4.31 Å². The minimum Gasteiger partial charge on any atom is -0.315 e. The molecule has 7 heteroatoms. The van der Waals surface area contributed by atoms with Crippen molar-refractivity contribution >= 4 is 10.0 Å². The molecule has 0 fully saturated rings. The molecule has 0 saturated carbocycles. The van der Waals surface area contributed by atoms with Crippen LogP contribution in [0.1, 0.15) is 5.82 Å². The molecule has 0 N–H and O–H groups in total. The molecule has 2 heterocycles. The van der Waals surface area contributed by atoms with Gasteiger partial charge in [0.2, 0.25) is 10.0 Å². The first-order chi connectivity index (χ1) is 6.63. The second-order valence-electron chi connectivity index (χ2n) is 2.99. The summed E-state index contributed by atoms with van der Waals surface area (Å²) in [5.74, 6) is 0.668. The van der Waals surface area contributed by atoms with Crippen LogP contribution in [0.2, 0.25) is 0 Å². The van der Waals surface area contributed by atoms with Gasteiger partial charge in [-0.1, -0.05) is 6.58 Å². The number of aromatic nitrogens is 3. The zero-order valence-corrected chi connectivity index (χ0v) is 8.31. The van der Waals surface area contributed by atoms with E-state index in [0.29, 0.717) is 18.9 Å². The molecule has 0 saturated heterocycles. The molecule has 0 aromatic carbocycles. The monoisotopic (exact) mass is 214 g/mol. The van der Waals surface area contributed by atoms with Crippen molar-refractivity contribution in [1.29, 1.82) is 0 Å². The number of nitrogens with zero attached hydrogens (tertiary/aromatic N) is 4. The van der Waals surface area contributed by atoms with E-state index in [-0.39, 0.29) is 6.54 Å². The van der Waals surface area contributed by atoms with E-state index in [1.54, 1.807) is 6.33 Å². The summed E-state index contributed by atoms with van der Waals surface area (Å²) in [6.07, 6.45) is 1.60. The number of rotatable bonds is 2. The van der Waals surface area contributed by atoms with Crippen molar-refractivity contribution in [2.75, 3.05) is 6.54 Å². The molecule has 1 aromatic rings. The van der Waals surface area contributed by atoms with Gasteiger partial charge < -0.3 is 4.57 Å². The summed E-state index contributed by atoms with van der Waals surface area (Å²) < 4.78 is 26.1. The lowest BCUT2D eigenvalue weighted by Crippen LogP contribution is -2.37. The van der Waals surface area contributed by atoms with Gasteiger partial charge >= 0.3 is 0 Å². The number of hydrogen-bond donors (Lipinski definition) is 0. The summed E-state index contributed by atoms with van der Waals surface area (Å²) in [4.78, 5) is 0. The van der Waals surface area contributed by atoms with Crippen LogP contribution in [0.25, 0.3) is 0 Å². The summed E-state index contributed by atoms with van der Waals surface area (Å²) in [5.41, 5.74) is 0. The Hall–Kier alpha value is -1.21. The highest BCUT2D eigenvalue weighted by molar-refractivity contribution is 7.91. The largest absolute Gasteiger partial charge is 0.315 e. The van der Waals surface area contributed by atoms with Crippen LogP contribution in [-0.4, -0.2) is 34.0 Å². The maximum Gasteiger partial charge on any atom is 0.236 e. The second kappa shape index (κ2) is 3.18. The number of sulfonamides is 1. The van der Waals surface area contributed by atoms with Crippen molar-refractivity contribution in [1.82, 2.24) is 19.1 Å². The molecule has 0 bridgehead atoms. The van der Waals surface area contributed by atoms with Crippen molar-refractivity contribution in [2.24, 2.45) is 0 Å². The van der Waals surface area contributed by atoms with Crippen LogP contribution in [0.4, 0.5) is 0 Å². The van der Waals surface area contributed by atoms with Gasteiger partial charge in [-0.25, -0.2) is 8.42 Å². The minimum absolute atomic E-state index is 0.272. The van der Waals surface area contributed by atoms with Gasteiger partial charge in [0.05, 0.1) is 6.54 Å². The van der Waals surface area contributed by atoms with Gasteiger partial charge in [0.25, 0.3) is 0 Å². The van der Waals surface area contributed by atoms with Crippen LogP contribution >= 0.6 is 0 Å². The van der Waals surface area contributed by atoms with Crippen LogP contribution in [0.5, 0.6) is 0 Å². The summed E-state index contributed by atoms with van der Waals surface area (Å²) >= 11 is 0. The van der Waals surface area contributed by atoms with Crippen molar-refractivity contribution in [3.05, 3.63) is 24.1 Å². The van der Waals surface area contributed by atoms with E-state index in [4.69, 9.17) is 0 Å². The molecule has 1 aliphatic heterocycles. The van der Waals surface area contributed by atoms with Crippen LogP contribution in [0.3, 0.4) is 0 Å².